The van der Waals surface area contributed by atoms with Crippen molar-refractivity contribution >= 4 is 0 Å². The van der Waals surface area contributed by atoms with Crippen molar-refractivity contribution in [1.82, 2.24) is 9.80 Å². The molecule has 84 valence electrons. The maximum Gasteiger partial charge on any atom is 0.0642 e. The fourth-order valence-corrected chi connectivity index (χ4v) is 3.00. The lowest BCUT2D eigenvalue weighted by Crippen LogP contribution is -2.41. The molecule has 0 radical (unpaired) electrons. The van der Waals surface area contributed by atoms with E-state index in [1.165, 1.54) is 32.4 Å². The van der Waals surface area contributed by atoms with Gasteiger partial charge in [-0.1, -0.05) is 0 Å². The number of hydrogen-bond donors (Lipinski definition) is 0. The van der Waals surface area contributed by atoms with E-state index in [1.807, 2.05) is 0 Å². The third-order valence-electron chi connectivity index (χ3n) is 3.87. The van der Waals surface area contributed by atoms with E-state index < -0.39 is 0 Å². The lowest BCUT2D eigenvalue weighted by atomic mass is 10.1. The van der Waals surface area contributed by atoms with Crippen molar-refractivity contribution < 1.29 is 4.74 Å². The highest BCUT2D eigenvalue weighted by Gasteiger charge is 2.28. The predicted molar refractivity (Wildman–Crippen MR) is 59.7 cm³/mol. The smallest absolute Gasteiger partial charge is 0.0642 e. The van der Waals surface area contributed by atoms with Crippen LogP contribution in [-0.2, 0) is 4.74 Å². The van der Waals surface area contributed by atoms with Crippen LogP contribution < -0.4 is 0 Å². The Morgan fingerprint density at radius 3 is 2.87 bits per heavy atom. The molecule has 3 aliphatic rings. The van der Waals surface area contributed by atoms with Crippen molar-refractivity contribution in [3.05, 3.63) is 11.8 Å². The molecule has 3 heterocycles. The van der Waals surface area contributed by atoms with Crippen LogP contribution in [0.4, 0.5) is 0 Å². The zero-order chi connectivity index (χ0) is 10.1. The molecule has 0 N–H and O–H groups in total. The lowest BCUT2D eigenvalue weighted by molar-refractivity contribution is 0.0493. The van der Waals surface area contributed by atoms with Crippen LogP contribution in [0.5, 0.6) is 0 Å². The van der Waals surface area contributed by atoms with E-state index in [0.717, 1.165) is 32.3 Å². The van der Waals surface area contributed by atoms with Gasteiger partial charge in [0.2, 0.25) is 0 Å². The second-order valence-corrected chi connectivity index (χ2v) is 4.75. The van der Waals surface area contributed by atoms with E-state index in [9.17, 15) is 0 Å². The summed E-state index contributed by atoms with van der Waals surface area (Å²) in [6.07, 6.45) is 6.52. The molecule has 3 heteroatoms. The summed E-state index contributed by atoms with van der Waals surface area (Å²) < 4.78 is 5.40. The zero-order valence-electron chi connectivity index (χ0n) is 9.32. The summed E-state index contributed by atoms with van der Waals surface area (Å²) in [4.78, 5) is 5.16. The van der Waals surface area contributed by atoms with Gasteiger partial charge >= 0.3 is 0 Å². The Hall–Kier alpha value is -0.540. The van der Waals surface area contributed by atoms with Crippen LogP contribution in [-0.4, -0.2) is 55.2 Å². The Morgan fingerprint density at radius 2 is 2.00 bits per heavy atom. The van der Waals surface area contributed by atoms with Gasteiger partial charge in [0.15, 0.2) is 0 Å². The summed E-state index contributed by atoms with van der Waals surface area (Å²) in [6.45, 7) is 6.60. The maximum atomic E-state index is 5.40. The van der Waals surface area contributed by atoms with Gasteiger partial charge in [-0.3, -0.25) is 4.90 Å². The Labute approximate surface area is 91.7 Å². The van der Waals surface area contributed by atoms with Crippen molar-refractivity contribution in [1.29, 1.82) is 0 Å². The first-order valence-corrected chi connectivity index (χ1v) is 6.21. The average Bonchev–Trinajstić information content (AvgIpc) is 2.77. The van der Waals surface area contributed by atoms with Crippen LogP contribution in [0.3, 0.4) is 0 Å². The molecule has 3 aliphatic heterocycles. The molecule has 0 aliphatic carbocycles. The van der Waals surface area contributed by atoms with Gasteiger partial charge in [-0.2, -0.15) is 0 Å². The van der Waals surface area contributed by atoms with Gasteiger partial charge in [0, 0.05) is 31.4 Å². The highest BCUT2D eigenvalue weighted by Crippen LogP contribution is 2.27. The first-order valence-electron chi connectivity index (χ1n) is 6.21. The molecular weight excluding hydrogens is 188 g/mol. The maximum absolute atomic E-state index is 5.40. The first-order chi connectivity index (χ1) is 7.43. The molecule has 0 aromatic heterocycles. The highest BCUT2D eigenvalue weighted by atomic mass is 16.5. The van der Waals surface area contributed by atoms with E-state index in [2.05, 4.69) is 15.9 Å². The van der Waals surface area contributed by atoms with E-state index >= 15 is 0 Å². The van der Waals surface area contributed by atoms with E-state index in [0.29, 0.717) is 0 Å². The molecule has 0 aromatic rings. The minimum Gasteiger partial charge on any atom is -0.378 e. The number of morpholine rings is 1. The fourth-order valence-electron chi connectivity index (χ4n) is 3.00. The van der Waals surface area contributed by atoms with Crippen LogP contribution in [0.15, 0.2) is 11.8 Å². The normalized spacial score (nSPS) is 32.7. The predicted octanol–water partition coefficient (Wildman–Crippen LogP) is 1.07. The van der Waals surface area contributed by atoms with Crippen molar-refractivity contribution in [2.24, 2.45) is 0 Å². The second kappa shape index (κ2) is 4.14. The molecule has 3 nitrogen and oxygen atoms in total. The highest BCUT2D eigenvalue weighted by molar-refractivity contribution is 5.13. The van der Waals surface area contributed by atoms with Gasteiger partial charge in [-0.15, -0.1) is 0 Å². The van der Waals surface area contributed by atoms with E-state index in [-0.39, 0.29) is 0 Å². The third-order valence-corrected chi connectivity index (χ3v) is 3.87. The number of fused-ring (bicyclic) bond motifs is 1. The fraction of sp³-hybridized carbons (Fsp3) is 0.833. The summed E-state index contributed by atoms with van der Waals surface area (Å²) in [6, 6.07) is 0.747. The molecule has 0 aromatic carbocycles. The minimum atomic E-state index is 0.747. The summed E-state index contributed by atoms with van der Waals surface area (Å²) in [5.74, 6) is 0. The topological polar surface area (TPSA) is 15.7 Å². The molecule has 0 saturated carbocycles. The minimum absolute atomic E-state index is 0.747. The standard InChI is InChI=1S/C12H20N2O/c1-2-11-10-12(3-5-13(11)4-1)14-6-8-15-9-7-14/h10-11H,1-9H2. The summed E-state index contributed by atoms with van der Waals surface area (Å²) in [5.41, 5.74) is 1.58. The molecule has 1 atom stereocenters. The van der Waals surface area contributed by atoms with Gasteiger partial charge < -0.3 is 9.64 Å². The molecular formula is C12H20N2O. The van der Waals surface area contributed by atoms with Gasteiger partial charge in [0.25, 0.3) is 0 Å². The van der Waals surface area contributed by atoms with Crippen molar-refractivity contribution in [2.45, 2.75) is 25.3 Å². The number of ether oxygens (including phenoxy) is 1. The molecule has 1 unspecified atom stereocenters. The Balaban J connectivity index is 1.70. The lowest BCUT2D eigenvalue weighted by Gasteiger charge is -2.36. The van der Waals surface area contributed by atoms with Gasteiger partial charge in [-0.05, 0) is 31.9 Å². The number of rotatable bonds is 1. The zero-order valence-corrected chi connectivity index (χ0v) is 9.32. The molecule has 2 fully saturated rings. The third kappa shape index (κ3) is 1.91. The van der Waals surface area contributed by atoms with Gasteiger partial charge in [0.1, 0.15) is 0 Å². The van der Waals surface area contributed by atoms with Gasteiger partial charge in [0.05, 0.1) is 13.2 Å². The van der Waals surface area contributed by atoms with Crippen LogP contribution >= 0.6 is 0 Å². The van der Waals surface area contributed by atoms with Crippen molar-refractivity contribution in [3.8, 4) is 0 Å². The van der Waals surface area contributed by atoms with Gasteiger partial charge in [-0.25, -0.2) is 0 Å². The quantitative estimate of drug-likeness (QED) is 0.641. The molecule has 15 heavy (non-hydrogen) atoms. The Morgan fingerprint density at radius 1 is 1.13 bits per heavy atom. The first kappa shape index (κ1) is 9.67. The molecule has 0 bridgehead atoms. The van der Waals surface area contributed by atoms with E-state index in [1.54, 1.807) is 5.70 Å². The van der Waals surface area contributed by atoms with Crippen molar-refractivity contribution in [2.75, 3.05) is 39.4 Å². The number of hydrogen-bond acceptors (Lipinski definition) is 3. The molecule has 0 amide bonds. The van der Waals surface area contributed by atoms with Crippen LogP contribution in [0, 0.1) is 0 Å². The monoisotopic (exact) mass is 208 g/mol. The Bertz CT molecular complexity index is 258. The largest absolute Gasteiger partial charge is 0.378 e. The second-order valence-electron chi connectivity index (χ2n) is 4.75. The summed E-state index contributed by atoms with van der Waals surface area (Å²) in [7, 11) is 0. The summed E-state index contributed by atoms with van der Waals surface area (Å²) in [5, 5.41) is 0. The van der Waals surface area contributed by atoms with Crippen LogP contribution in [0.25, 0.3) is 0 Å². The molecule has 3 rings (SSSR count). The molecule has 0 spiro atoms. The van der Waals surface area contributed by atoms with Crippen molar-refractivity contribution in [3.63, 3.8) is 0 Å². The van der Waals surface area contributed by atoms with Crippen LogP contribution in [0.1, 0.15) is 19.3 Å². The summed E-state index contributed by atoms with van der Waals surface area (Å²) >= 11 is 0. The molecule has 2 saturated heterocycles. The number of nitrogens with zero attached hydrogens (tertiary/aromatic N) is 2. The van der Waals surface area contributed by atoms with Crippen LogP contribution in [0.2, 0.25) is 0 Å². The average molecular weight is 208 g/mol. The van der Waals surface area contributed by atoms with E-state index in [4.69, 9.17) is 4.74 Å². The SMILES string of the molecule is C1=C(N2CCOCC2)CCN2CCCC12. The Kier molecular flexibility index (Phi) is 2.67.